The van der Waals surface area contributed by atoms with Gasteiger partial charge < -0.3 is 14.9 Å². The number of aromatic nitrogens is 1. The number of nitrogen functional groups attached to an aromatic ring is 1. The van der Waals surface area contributed by atoms with Gasteiger partial charge in [0, 0.05) is 12.5 Å². The van der Waals surface area contributed by atoms with Crippen LogP contribution in [0.15, 0.2) is 22.6 Å². The van der Waals surface area contributed by atoms with E-state index in [2.05, 4.69) is 4.98 Å². The number of nitrogens with zero attached hydrogens (tertiary/aromatic N) is 1. The fraction of sp³-hybridized carbons (Fsp3) is 0.167. The molecule has 2 rings (SSSR count). The summed E-state index contributed by atoms with van der Waals surface area (Å²) in [5.74, 6) is -0.599. The van der Waals surface area contributed by atoms with Gasteiger partial charge in [-0.2, -0.15) is 4.98 Å². The van der Waals surface area contributed by atoms with E-state index in [0.29, 0.717) is 5.56 Å². The third-order valence-electron chi connectivity index (χ3n) is 2.39. The van der Waals surface area contributed by atoms with Crippen LogP contribution < -0.4 is 10.5 Å². The smallest absolute Gasteiger partial charge is 0.293 e. The van der Waals surface area contributed by atoms with Gasteiger partial charge in [-0.3, -0.25) is 4.79 Å². The summed E-state index contributed by atoms with van der Waals surface area (Å²) in [5, 5.41) is 0. The Labute approximate surface area is 102 Å². The van der Waals surface area contributed by atoms with Gasteiger partial charge in [0.15, 0.2) is 28.8 Å². The number of ether oxygens (including phenoxy) is 1. The highest BCUT2D eigenvalue weighted by atomic mass is 19.1. The lowest BCUT2D eigenvalue weighted by molar-refractivity contribution is 0.101. The maximum atomic E-state index is 13.6. The molecule has 1 heterocycles. The molecular weight excluding hydrogens is 239 g/mol. The summed E-state index contributed by atoms with van der Waals surface area (Å²) in [5.41, 5.74) is 5.86. The Bertz CT molecular complexity index is 607. The van der Waals surface area contributed by atoms with Crippen LogP contribution in [0, 0.1) is 5.82 Å². The zero-order valence-electron chi connectivity index (χ0n) is 9.86. The number of Topliss-reactive ketones (excluding diaryl/α,β-unsaturated/α-hetero) is 1. The molecule has 94 valence electrons. The Balaban J connectivity index is 2.55. The second kappa shape index (κ2) is 4.48. The molecule has 2 N–H and O–H groups in total. The molecule has 0 saturated carbocycles. The summed E-state index contributed by atoms with van der Waals surface area (Å²) in [6, 6.07) is 4.07. The second-order valence-corrected chi connectivity index (χ2v) is 3.64. The number of methoxy groups -OCH3 is 1. The lowest BCUT2D eigenvalue weighted by atomic mass is 10.1. The highest BCUT2D eigenvalue weighted by Gasteiger charge is 2.18. The molecule has 0 bridgehead atoms. The minimum absolute atomic E-state index is 0.0806. The summed E-state index contributed by atoms with van der Waals surface area (Å²) >= 11 is 0. The number of hydrogen-bond donors (Lipinski definition) is 1. The molecule has 6 heteroatoms. The predicted octanol–water partition coefficient (Wildman–Crippen LogP) is 2.27. The van der Waals surface area contributed by atoms with Crippen molar-refractivity contribution in [2.45, 2.75) is 6.92 Å². The Morgan fingerprint density at radius 2 is 2.22 bits per heavy atom. The molecule has 0 aliphatic rings. The second-order valence-electron chi connectivity index (χ2n) is 3.64. The number of nitrogens with two attached hydrogens (primary N) is 1. The fourth-order valence-corrected chi connectivity index (χ4v) is 1.58. The van der Waals surface area contributed by atoms with E-state index >= 15 is 0 Å². The summed E-state index contributed by atoms with van der Waals surface area (Å²) < 4.78 is 23.5. The van der Waals surface area contributed by atoms with E-state index in [-0.39, 0.29) is 29.0 Å². The predicted molar refractivity (Wildman–Crippen MR) is 62.9 cm³/mol. The lowest BCUT2D eigenvalue weighted by Crippen LogP contribution is -1.96. The average molecular weight is 250 g/mol. The molecular formula is C12H11FN2O3. The van der Waals surface area contributed by atoms with Crippen molar-refractivity contribution in [2.24, 2.45) is 0 Å². The highest BCUT2D eigenvalue weighted by molar-refractivity contribution is 5.98. The topological polar surface area (TPSA) is 78.3 Å². The Morgan fingerprint density at radius 3 is 2.78 bits per heavy atom. The van der Waals surface area contributed by atoms with Gasteiger partial charge in [-0.05, 0) is 18.2 Å². The van der Waals surface area contributed by atoms with Gasteiger partial charge in [0.2, 0.25) is 0 Å². The van der Waals surface area contributed by atoms with Crippen LogP contribution in [0.1, 0.15) is 17.4 Å². The third kappa shape index (κ3) is 2.04. The quantitative estimate of drug-likeness (QED) is 0.845. The van der Waals surface area contributed by atoms with E-state index in [0.717, 1.165) is 0 Å². The van der Waals surface area contributed by atoms with Gasteiger partial charge >= 0.3 is 0 Å². The van der Waals surface area contributed by atoms with E-state index in [4.69, 9.17) is 14.9 Å². The van der Waals surface area contributed by atoms with Crippen molar-refractivity contribution >= 4 is 11.8 Å². The first-order valence-corrected chi connectivity index (χ1v) is 5.14. The van der Waals surface area contributed by atoms with Crippen molar-refractivity contribution in [1.29, 1.82) is 0 Å². The maximum absolute atomic E-state index is 13.6. The van der Waals surface area contributed by atoms with Crippen LogP contribution >= 0.6 is 0 Å². The zero-order chi connectivity index (χ0) is 13.3. The number of hydrogen-bond acceptors (Lipinski definition) is 5. The number of halogens is 1. The van der Waals surface area contributed by atoms with Crippen LogP contribution in [0.3, 0.4) is 0 Å². The summed E-state index contributed by atoms with van der Waals surface area (Å²) in [6.07, 6.45) is 0. The fourth-order valence-electron chi connectivity index (χ4n) is 1.58. The molecule has 1 aromatic heterocycles. The summed E-state index contributed by atoms with van der Waals surface area (Å²) in [7, 11) is 1.37. The number of oxazole rings is 1. The van der Waals surface area contributed by atoms with Gasteiger partial charge in [0.1, 0.15) is 0 Å². The van der Waals surface area contributed by atoms with E-state index in [1.54, 1.807) is 6.07 Å². The number of carbonyl (C=O) groups excluding carboxylic acids is 1. The molecule has 0 saturated heterocycles. The largest absolute Gasteiger partial charge is 0.494 e. The zero-order valence-corrected chi connectivity index (χ0v) is 9.86. The van der Waals surface area contributed by atoms with Gasteiger partial charge in [-0.15, -0.1) is 0 Å². The number of carbonyl (C=O) groups is 1. The highest BCUT2D eigenvalue weighted by Crippen LogP contribution is 2.29. The molecule has 0 fully saturated rings. The Kier molecular flexibility index (Phi) is 3.01. The minimum atomic E-state index is -0.556. The first kappa shape index (κ1) is 12.1. The number of anilines is 1. The molecule has 5 nitrogen and oxygen atoms in total. The van der Waals surface area contributed by atoms with Crippen molar-refractivity contribution in [3.8, 4) is 17.1 Å². The standard InChI is InChI=1S/C12H11FN2O3/c1-6(16)10-11(18-12(14)15-10)7-3-4-9(17-2)8(13)5-7/h3-5H,1-2H3,(H2,14,15). The van der Waals surface area contributed by atoms with Crippen molar-refractivity contribution in [3.63, 3.8) is 0 Å². The van der Waals surface area contributed by atoms with Crippen LogP contribution in [0.2, 0.25) is 0 Å². The number of rotatable bonds is 3. The molecule has 0 amide bonds. The maximum Gasteiger partial charge on any atom is 0.293 e. The van der Waals surface area contributed by atoms with Crippen molar-refractivity contribution in [3.05, 3.63) is 29.7 Å². The van der Waals surface area contributed by atoms with E-state index in [1.807, 2.05) is 0 Å². The van der Waals surface area contributed by atoms with Crippen LogP contribution in [0.4, 0.5) is 10.4 Å². The molecule has 2 aromatic rings. The van der Waals surface area contributed by atoms with Crippen molar-refractivity contribution in [2.75, 3.05) is 12.8 Å². The molecule has 0 spiro atoms. The van der Waals surface area contributed by atoms with Gasteiger partial charge in [-0.25, -0.2) is 4.39 Å². The van der Waals surface area contributed by atoms with Crippen LogP contribution in [0.5, 0.6) is 5.75 Å². The molecule has 0 atom stereocenters. The van der Waals surface area contributed by atoms with Crippen LogP contribution in [-0.4, -0.2) is 17.9 Å². The Morgan fingerprint density at radius 1 is 1.50 bits per heavy atom. The number of benzene rings is 1. The molecule has 0 aliphatic heterocycles. The molecule has 0 aliphatic carbocycles. The third-order valence-corrected chi connectivity index (χ3v) is 2.39. The SMILES string of the molecule is COc1ccc(-c2oc(N)nc2C(C)=O)cc1F. The number of ketones is 1. The van der Waals surface area contributed by atoms with Crippen molar-refractivity contribution in [1.82, 2.24) is 4.98 Å². The summed E-state index contributed by atoms with van der Waals surface area (Å²) in [6.45, 7) is 1.33. The average Bonchev–Trinajstić information content (AvgIpc) is 2.71. The van der Waals surface area contributed by atoms with Crippen molar-refractivity contribution < 1.29 is 18.3 Å². The van der Waals surface area contributed by atoms with Crippen LogP contribution in [-0.2, 0) is 0 Å². The molecule has 18 heavy (non-hydrogen) atoms. The van der Waals surface area contributed by atoms with Gasteiger partial charge in [-0.1, -0.05) is 0 Å². The summed E-state index contributed by atoms with van der Waals surface area (Å²) in [4.78, 5) is 15.1. The van der Waals surface area contributed by atoms with E-state index in [1.165, 1.54) is 26.2 Å². The van der Waals surface area contributed by atoms with E-state index in [9.17, 15) is 9.18 Å². The lowest BCUT2D eigenvalue weighted by Gasteiger charge is -2.03. The monoisotopic (exact) mass is 250 g/mol. The first-order chi connectivity index (χ1) is 8.52. The molecule has 1 aromatic carbocycles. The normalized spacial score (nSPS) is 10.4. The van der Waals surface area contributed by atoms with Gasteiger partial charge in [0.05, 0.1) is 7.11 Å². The molecule has 0 unspecified atom stereocenters. The Hall–Kier alpha value is -2.37. The minimum Gasteiger partial charge on any atom is -0.494 e. The van der Waals surface area contributed by atoms with E-state index < -0.39 is 5.82 Å². The molecule has 0 radical (unpaired) electrons. The van der Waals surface area contributed by atoms with Crippen LogP contribution in [0.25, 0.3) is 11.3 Å². The first-order valence-electron chi connectivity index (χ1n) is 5.14. The van der Waals surface area contributed by atoms with Gasteiger partial charge in [0.25, 0.3) is 6.01 Å².